The first-order chi connectivity index (χ1) is 9.65. The molecular weight excluding hydrogens is 275 g/mol. The number of hydrogen-bond donors (Lipinski definition) is 2. The molecule has 0 aliphatic heterocycles. The van der Waals surface area contributed by atoms with Crippen LogP contribution in [0.4, 0.5) is 10.1 Å². The summed E-state index contributed by atoms with van der Waals surface area (Å²) in [4.78, 5) is 11.8. The molecule has 0 spiro atoms. The molecule has 5 heteroatoms. The maximum atomic E-state index is 13.4. The third kappa shape index (κ3) is 3.96. The smallest absolute Gasteiger partial charge is 0.238 e. The van der Waals surface area contributed by atoms with E-state index in [1.807, 2.05) is 11.8 Å². The molecule has 0 heterocycles. The standard InChI is InChI=1S/C15H21FN2OS/c1-20-15(8-4-5-9-15)11-17-10-14(19)18-13-7-3-2-6-12(13)16/h2-3,6-7,17H,4-5,8-11H2,1H3,(H,18,19). The molecule has 1 saturated carbocycles. The molecule has 0 radical (unpaired) electrons. The van der Waals surface area contributed by atoms with Crippen LogP contribution in [-0.2, 0) is 4.79 Å². The van der Waals surface area contributed by atoms with Gasteiger partial charge in [-0.1, -0.05) is 25.0 Å². The van der Waals surface area contributed by atoms with Gasteiger partial charge in [-0.3, -0.25) is 4.79 Å². The van der Waals surface area contributed by atoms with Crippen molar-refractivity contribution in [3.05, 3.63) is 30.1 Å². The van der Waals surface area contributed by atoms with Gasteiger partial charge in [0.15, 0.2) is 0 Å². The van der Waals surface area contributed by atoms with Gasteiger partial charge in [0.25, 0.3) is 0 Å². The van der Waals surface area contributed by atoms with Crippen molar-refractivity contribution in [1.82, 2.24) is 5.32 Å². The topological polar surface area (TPSA) is 41.1 Å². The zero-order chi connectivity index (χ0) is 14.4. The van der Waals surface area contributed by atoms with E-state index in [-0.39, 0.29) is 22.9 Å². The maximum absolute atomic E-state index is 13.4. The van der Waals surface area contributed by atoms with E-state index in [1.165, 1.54) is 31.7 Å². The summed E-state index contributed by atoms with van der Waals surface area (Å²) in [6.45, 7) is 1.05. The molecule has 0 atom stereocenters. The van der Waals surface area contributed by atoms with E-state index < -0.39 is 5.82 Å². The highest BCUT2D eigenvalue weighted by Crippen LogP contribution is 2.39. The van der Waals surface area contributed by atoms with Crippen LogP contribution in [0.5, 0.6) is 0 Å². The number of carbonyl (C=O) groups is 1. The number of carbonyl (C=O) groups excluding carboxylic acids is 1. The largest absolute Gasteiger partial charge is 0.322 e. The van der Waals surface area contributed by atoms with E-state index in [4.69, 9.17) is 0 Å². The van der Waals surface area contributed by atoms with Gasteiger partial charge in [-0.25, -0.2) is 4.39 Å². The molecule has 0 saturated heterocycles. The molecule has 2 rings (SSSR count). The Hall–Kier alpha value is -1.07. The SMILES string of the molecule is CSC1(CNCC(=O)Nc2ccccc2F)CCCC1. The summed E-state index contributed by atoms with van der Waals surface area (Å²) >= 11 is 1.88. The van der Waals surface area contributed by atoms with Crippen molar-refractivity contribution in [3.63, 3.8) is 0 Å². The lowest BCUT2D eigenvalue weighted by Gasteiger charge is -2.26. The first kappa shape index (κ1) is 15.3. The zero-order valence-corrected chi connectivity index (χ0v) is 12.6. The average Bonchev–Trinajstić information content (AvgIpc) is 2.91. The van der Waals surface area contributed by atoms with Crippen LogP contribution in [0, 0.1) is 5.82 Å². The molecule has 0 aromatic heterocycles. The van der Waals surface area contributed by atoms with Crippen LogP contribution in [0.1, 0.15) is 25.7 Å². The predicted molar refractivity (Wildman–Crippen MR) is 82.6 cm³/mol. The van der Waals surface area contributed by atoms with Crippen molar-refractivity contribution >= 4 is 23.4 Å². The molecule has 1 aromatic carbocycles. The van der Waals surface area contributed by atoms with Crippen LogP contribution in [0.15, 0.2) is 24.3 Å². The monoisotopic (exact) mass is 296 g/mol. The van der Waals surface area contributed by atoms with Crippen LogP contribution < -0.4 is 10.6 Å². The molecule has 110 valence electrons. The molecule has 20 heavy (non-hydrogen) atoms. The number of nitrogens with one attached hydrogen (secondary N) is 2. The molecule has 1 amide bonds. The summed E-state index contributed by atoms with van der Waals surface area (Å²) in [6.07, 6.45) is 7.08. The number of amides is 1. The minimum Gasteiger partial charge on any atom is -0.322 e. The highest BCUT2D eigenvalue weighted by atomic mass is 32.2. The van der Waals surface area contributed by atoms with Crippen LogP contribution in [-0.4, -0.2) is 30.0 Å². The fourth-order valence-electron chi connectivity index (χ4n) is 2.63. The first-order valence-electron chi connectivity index (χ1n) is 6.95. The molecule has 0 bridgehead atoms. The Morgan fingerprint density at radius 2 is 2.05 bits per heavy atom. The molecule has 1 aliphatic rings. The Bertz CT molecular complexity index is 461. The molecular formula is C15H21FN2OS. The van der Waals surface area contributed by atoms with E-state index >= 15 is 0 Å². The molecule has 1 aliphatic carbocycles. The molecule has 1 aromatic rings. The second-order valence-electron chi connectivity index (χ2n) is 5.23. The van der Waals surface area contributed by atoms with Gasteiger partial charge in [-0.15, -0.1) is 0 Å². The number of anilines is 1. The third-order valence-electron chi connectivity index (χ3n) is 3.83. The lowest BCUT2D eigenvalue weighted by atomic mass is 10.1. The number of para-hydroxylation sites is 1. The summed E-state index contributed by atoms with van der Waals surface area (Å²) in [5.41, 5.74) is 0.236. The summed E-state index contributed by atoms with van der Waals surface area (Å²) < 4.78 is 13.7. The Labute approximate surface area is 123 Å². The van der Waals surface area contributed by atoms with Crippen molar-refractivity contribution in [3.8, 4) is 0 Å². The van der Waals surface area contributed by atoms with E-state index in [1.54, 1.807) is 18.2 Å². The minimum absolute atomic E-state index is 0.204. The maximum Gasteiger partial charge on any atom is 0.238 e. The fourth-order valence-corrected chi connectivity index (χ4v) is 3.58. The minimum atomic E-state index is -0.405. The van der Waals surface area contributed by atoms with Crippen molar-refractivity contribution in [2.75, 3.05) is 24.7 Å². The first-order valence-corrected chi connectivity index (χ1v) is 8.18. The van der Waals surface area contributed by atoms with Crippen molar-refractivity contribution < 1.29 is 9.18 Å². The summed E-state index contributed by atoms with van der Waals surface area (Å²) in [7, 11) is 0. The third-order valence-corrected chi connectivity index (χ3v) is 5.25. The normalized spacial score (nSPS) is 17.1. The summed E-state index contributed by atoms with van der Waals surface area (Å²) in [5, 5.41) is 5.79. The fraction of sp³-hybridized carbons (Fsp3) is 0.533. The van der Waals surface area contributed by atoms with Crippen molar-refractivity contribution in [2.24, 2.45) is 0 Å². The summed E-state index contributed by atoms with van der Waals surface area (Å²) in [6, 6.07) is 6.21. The van der Waals surface area contributed by atoms with Crippen LogP contribution in [0.2, 0.25) is 0 Å². The second-order valence-corrected chi connectivity index (χ2v) is 6.50. The number of hydrogen-bond acceptors (Lipinski definition) is 3. The number of benzene rings is 1. The molecule has 3 nitrogen and oxygen atoms in total. The Morgan fingerprint density at radius 1 is 1.35 bits per heavy atom. The number of rotatable bonds is 6. The average molecular weight is 296 g/mol. The van der Waals surface area contributed by atoms with Gasteiger partial charge in [0.1, 0.15) is 5.82 Å². The van der Waals surface area contributed by atoms with Gasteiger partial charge in [-0.2, -0.15) is 11.8 Å². The lowest BCUT2D eigenvalue weighted by molar-refractivity contribution is -0.115. The van der Waals surface area contributed by atoms with Gasteiger partial charge in [0, 0.05) is 11.3 Å². The Balaban J connectivity index is 1.77. The number of thioether (sulfide) groups is 1. The quantitative estimate of drug-likeness (QED) is 0.848. The predicted octanol–water partition coefficient (Wildman–Crippen LogP) is 3.03. The van der Waals surface area contributed by atoms with Crippen LogP contribution in [0.25, 0.3) is 0 Å². The highest BCUT2D eigenvalue weighted by molar-refractivity contribution is 8.00. The lowest BCUT2D eigenvalue weighted by Crippen LogP contribution is -2.39. The van der Waals surface area contributed by atoms with Gasteiger partial charge >= 0.3 is 0 Å². The van der Waals surface area contributed by atoms with Crippen LogP contribution in [0.3, 0.4) is 0 Å². The molecule has 1 fully saturated rings. The van der Waals surface area contributed by atoms with Gasteiger partial charge in [-0.05, 0) is 31.2 Å². The van der Waals surface area contributed by atoms with E-state index in [2.05, 4.69) is 16.9 Å². The Kier molecular flexibility index (Phi) is 5.43. The molecule has 2 N–H and O–H groups in total. The van der Waals surface area contributed by atoms with Crippen LogP contribution >= 0.6 is 11.8 Å². The zero-order valence-electron chi connectivity index (χ0n) is 11.7. The Morgan fingerprint density at radius 3 is 2.70 bits per heavy atom. The van der Waals surface area contributed by atoms with Gasteiger partial charge in [0.05, 0.1) is 12.2 Å². The van der Waals surface area contributed by atoms with E-state index in [0.717, 1.165) is 6.54 Å². The summed E-state index contributed by atoms with van der Waals surface area (Å²) in [5.74, 6) is -0.610. The van der Waals surface area contributed by atoms with E-state index in [9.17, 15) is 9.18 Å². The van der Waals surface area contributed by atoms with Crippen molar-refractivity contribution in [2.45, 2.75) is 30.4 Å². The highest BCUT2D eigenvalue weighted by Gasteiger charge is 2.32. The number of halogens is 1. The van der Waals surface area contributed by atoms with Gasteiger partial charge in [0.2, 0.25) is 5.91 Å². The second kappa shape index (κ2) is 7.09. The van der Waals surface area contributed by atoms with Crippen molar-refractivity contribution in [1.29, 1.82) is 0 Å². The van der Waals surface area contributed by atoms with E-state index in [0.29, 0.717) is 0 Å². The molecule has 0 unspecified atom stereocenters. The van der Waals surface area contributed by atoms with Gasteiger partial charge < -0.3 is 10.6 Å².